The summed E-state index contributed by atoms with van der Waals surface area (Å²) < 4.78 is 43.7. The van der Waals surface area contributed by atoms with Gasteiger partial charge in [-0.25, -0.2) is 17.5 Å². The molecular formula is C29H26FN7O4S. The van der Waals surface area contributed by atoms with E-state index in [-0.39, 0.29) is 41.5 Å². The second-order valence-corrected chi connectivity index (χ2v) is 12.7. The van der Waals surface area contributed by atoms with Gasteiger partial charge in [0.25, 0.3) is 10.0 Å². The van der Waals surface area contributed by atoms with E-state index in [2.05, 4.69) is 20.6 Å². The molecule has 5 aromatic rings. The van der Waals surface area contributed by atoms with Crippen LogP contribution < -0.4 is 5.32 Å². The zero-order valence-corrected chi connectivity index (χ0v) is 23.5. The molecule has 11 nitrogen and oxygen atoms in total. The largest absolute Gasteiger partial charge is 0.506 e. The molecule has 1 amide bonds. The Labute approximate surface area is 240 Å². The smallest absolute Gasteiger partial charge is 0.264 e. The maximum atomic E-state index is 13.7. The number of nitrogens with zero attached hydrogens (tertiary/aromatic N) is 6. The molecule has 1 aliphatic heterocycles. The average Bonchev–Trinajstić information content (AvgIpc) is 3.38. The fraction of sp³-hybridized carbons (Fsp3) is 0.241. The highest BCUT2D eigenvalue weighted by Crippen LogP contribution is 2.66. The van der Waals surface area contributed by atoms with Gasteiger partial charge in [0, 0.05) is 30.9 Å². The van der Waals surface area contributed by atoms with Gasteiger partial charge in [0.1, 0.15) is 11.6 Å². The molecule has 2 fully saturated rings. The molecule has 1 saturated carbocycles. The number of para-hydroxylation sites is 2. The minimum Gasteiger partial charge on any atom is -0.506 e. The number of hydrogen-bond donors (Lipinski definition) is 2. The number of nitrogens with one attached hydrogen (secondary N) is 1. The lowest BCUT2D eigenvalue weighted by Crippen LogP contribution is -2.37. The van der Waals surface area contributed by atoms with Crippen LogP contribution >= 0.6 is 0 Å². The Hall–Kier alpha value is -4.62. The van der Waals surface area contributed by atoms with Crippen molar-refractivity contribution in [1.29, 1.82) is 0 Å². The van der Waals surface area contributed by atoms with Crippen LogP contribution in [0.4, 0.5) is 10.1 Å². The number of amides is 1. The fourth-order valence-corrected chi connectivity index (χ4v) is 7.87. The second kappa shape index (κ2) is 9.19. The molecule has 3 heterocycles. The molecule has 0 bridgehead atoms. The number of aromatic hydroxyl groups is 1. The Morgan fingerprint density at radius 1 is 1.10 bits per heavy atom. The highest BCUT2D eigenvalue weighted by molar-refractivity contribution is 7.89. The van der Waals surface area contributed by atoms with Crippen LogP contribution in [0.3, 0.4) is 0 Å². The van der Waals surface area contributed by atoms with Crippen molar-refractivity contribution in [2.45, 2.75) is 17.4 Å². The Kier molecular flexibility index (Phi) is 5.75. The predicted octanol–water partition coefficient (Wildman–Crippen LogP) is 3.13. The van der Waals surface area contributed by atoms with Crippen LogP contribution in [0.5, 0.6) is 5.75 Å². The Bertz CT molecular complexity index is 1990. The number of rotatable bonds is 6. The second-order valence-electron chi connectivity index (χ2n) is 10.9. The molecule has 3 unspecified atom stereocenters. The van der Waals surface area contributed by atoms with Crippen LogP contribution in [0.25, 0.3) is 16.6 Å². The molecule has 13 heteroatoms. The molecule has 2 N–H and O–H groups in total. The predicted molar refractivity (Wildman–Crippen MR) is 151 cm³/mol. The third-order valence-electron chi connectivity index (χ3n) is 8.46. The average molecular weight is 588 g/mol. The normalized spacial score (nSPS) is 21.9. The number of sulfonamides is 1. The first-order valence-corrected chi connectivity index (χ1v) is 14.7. The number of benzene rings is 3. The Morgan fingerprint density at radius 2 is 1.86 bits per heavy atom. The topological polar surface area (TPSA) is 135 Å². The summed E-state index contributed by atoms with van der Waals surface area (Å²) >= 11 is 0. The minimum atomic E-state index is -3.95. The van der Waals surface area contributed by atoms with Gasteiger partial charge in [0.2, 0.25) is 10.9 Å². The van der Waals surface area contributed by atoms with E-state index in [0.717, 1.165) is 22.0 Å². The molecular weight excluding hydrogens is 561 g/mol. The van der Waals surface area contributed by atoms with E-state index in [9.17, 15) is 22.7 Å². The zero-order chi connectivity index (χ0) is 29.4. The van der Waals surface area contributed by atoms with Gasteiger partial charge >= 0.3 is 0 Å². The van der Waals surface area contributed by atoms with Gasteiger partial charge in [0.15, 0.2) is 0 Å². The van der Waals surface area contributed by atoms with Gasteiger partial charge in [-0.2, -0.15) is 19.3 Å². The molecule has 3 atom stereocenters. The third kappa shape index (κ3) is 3.91. The summed E-state index contributed by atoms with van der Waals surface area (Å²) in [6, 6.07) is 16.4. The molecule has 2 aromatic heterocycles. The number of aryl methyl sites for hydroxylation is 2. The van der Waals surface area contributed by atoms with E-state index < -0.39 is 21.4 Å². The SMILES string of the molecule is Cc1cc2c(cnn2-c2ccc(F)cc2)cc1C12CN(S(=O)(=O)c3cnn(C)n3)CC1C2C(=O)Nc1ccccc1O. The number of hydrogen-bond acceptors (Lipinski definition) is 7. The van der Waals surface area contributed by atoms with Crippen molar-refractivity contribution in [3.63, 3.8) is 0 Å². The minimum absolute atomic E-state index is 0.0524. The van der Waals surface area contributed by atoms with E-state index in [0.29, 0.717) is 11.4 Å². The summed E-state index contributed by atoms with van der Waals surface area (Å²) in [5.41, 5.74) is 2.71. The molecule has 7 rings (SSSR count). The number of carbonyl (C=O) groups is 1. The summed E-state index contributed by atoms with van der Waals surface area (Å²) in [5.74, 6) is -1.53. The summed E-state index contributed by atoms with van der Waals surface area (Å²) in [6.07, 6.45) is 2.92. The van der Waals surface area contributed by atoms with Gasteiger partial charge in [-0.3, -0.25) is 4.79 Å². The molecule has 1 aliphatic carbocycles. The number of carbonyl (C=O) groups excluding carboxylic acids is 1. The molecule has 42 heavy (non-hydrogen) atoms. The highest BCUT2D eigenvalue weighted by atomic mass is 32.2. The molecule has 3 aromatic carbocycles. The first kappa shape index (κ1) is 26.3. The van der Waals surface area contributed by atoms with Crippen molar-refractivity contribution in [3.05, 3.63) is 90.0 Å². The van der Waals surface area contributed by atoms with Gasteiger partial charge in [-0.05, 0) is 72.5 Å². The Balaban J connectivity index is 1.29. The lowest BCUT2D eigenvalue weighted by Gasteiger charge is -2.24. The molecule has 0 radical (unpaired) electrons. The maximum Gasteiger partial charge on any atom is 0.264 e. The lowest BCUT2D eigenvalue weighted by molar-refractivity contribution is -0.118. The van der Waals surface area contributed by atoms with Crippen molar-refractivity contribution in [1.82, 2.24) is 29.1 Å². The third-order valence-corrected chi connectivity index (χ3v) is 10.1. The quantitative estimate of drug-likeness (QED) is 0.292. The highest BCUT2D eigenvalue weighted by Gasteiger charge is 2.74. The first-order valence-electron chi connectivity index (χ1n) is 13.3. The summed E-state index contributed by atoms with van der Waals surface area (Å²) in [4.78, 5) is 14.9. The van der Waals surface area contributed by atoms with Gasteiger partial charge in [-0.1, -0.05) is 12.1 Å². The zero-order valence-electron chi connectivity index (χ0n) is 22.6. The molecule has 1 saturated heterocycles. The van der Waals surface area contributed by atoms with Gasteiger partial charge in [0.05, 0.1) is 35.2 Å². The summed E-state index contributed by atoms with van der Waals surface area (Å²) in [5, 5.41) is 26.2. The van der Waals surface area contributed by atoms with E-state index in [4.69, 9.17) is 0 Å². The summed E-state index contributed by atoms with van der Waals surface area (Å²) in [7, 11) is -2.40. The van der Waals surface area contributed by atoms with Gasteiger partial charge < -0.3 is 10.4 Å². The van der Waals surface area contributed by atoms with Crippen LogP contribution in [-0.4, -0.2) is 61.6 Å². The monoisotopic (exact) mass is 587 g/mol. The number of fused-ring (bicyclic) bond motifs is 2. The van der Waals surface area contributed by atoms with Crippen molar-refractivity contribution in [2.24, 2.45) is 18.9 Å². The van der Waals surface area contributed by atoms with Crippen LogP contribution in [0.15, 0.2) is 78.1 Å². The first-order chi connectivity index (χ1) is 20.1. The van der Waals surface area contributed by atoms with Gasteiger partial charge in [-0.15, -0.1) is 5.10 Å². The fourth-order valence-electron chi connectivity index (χ4n) is 6.47. The van der Waals surface area contributed by atoms with Crippen LogP contribution in [-0.2, 0) is 27.3 Å². The van der Waals surface area contributed by atoms with E-state index in [1.54, 1.807) is 48.3 Å². The van der Waals surface area contributed by atoms with Crippen molar-refractivity contribution >= 4 is 32.5 Å². The molecule has 2 aliphatic rings. The van der Waals surface area contributed by atoms with Crippen molar-refractivity contribution in [3.8, 4) is 11.4 Å². The maximum absolute atomic E-state index is 13.7. The van der Waals surface area contributed by atoms with E-state index >= 15 is 0 Å². The van der Waals surface area contributed by atoms with E-state index in [1.807, 2.05) is 19.1 Å². The lowest BCUT2D eigenvalue weighted by atomic mass is 9.88. The number of phenols is 1. The van der Waals surface area contributed by atoms with Crippen molar-refractivity contribution < 1.29 is 22.7 Å². The van der Waals surface area contributed by atoms with Crippen molar-refractivity contribution in [2.75, 3.05) is 18.4 Å². The van der Waals surface area contributed by atoms with Crippen LogP contribution in [0, 0.1) is 24.6 Å². The standard InChI is InChI=1S/C29H26FN7O4S/c1-17-11-24-18(13-32-37(24)20-9-7-19(30)8-10-20)12-21(17)29-16-36(42(40,41)26-14-31-35(2)34-26)15-22(29)27(29)28(39)33-23-5-3-4-6-25(23)38/h3-14,22,27,38H,15-16H2,1-2H3,(H,33,39). The summed E-state index contributed by atoms with van der Waals surface area (Å²) in [6.45, 7) is 2.14. The number of aromatic nitrogens is 5. The number of halogens is 1. The number of piperidine rings is 1. The Morgan fingerprint density at radius 3 is 2.57 bits per heavy atom. The van der Waals surface area contributed by atoms with Crippen LogP contribution in [0.1, 0.15) is 11.1 Å². The van der Waals surface area contributed by atoms with Crippen LogP contribution in [0.2, 0.25) is 0 Å². The number of phenolic OH excluding ortho intramolecular Hbond substituents is 1. The molecule has 214 valence electrons. The molecule has 0 spiro atoms. The van der Waals surface area contributed by atoms with E-state index in [1.165, 1.54) is 33.5 Å². The number of anilines is 1.